The molecule has 2 aliphatic heterocycles. The molecule has 5 atom stereocenters. The number of carbonyl (C=O) groups is 1. The number of anilines is 3. The molecule has 1 fully saturated rings. The summed E-state index contributed by atoms with van der Waals surface area (Å²) in [5.41, 5.74) is 2.40. The highest BCUT2D eigenvalue weighted by atomic mass is 19.1. The Balaban J connectivity index is 1.60. The summed E-state index contributed by atoms with van der Waals surface area (Å²) in [6, 6.07) is 10.6. The van der Waals surface area contributed by atoms with E-state index in [9.17, 15) is 10.1 Å². The Morgan fingerprint density at radius 3 is 2.66 bits per heavy atom. The van der Waals surface area contributed by atoms with E-state index in [-0.39, 0.29) is 23.7 Å². The molecule has 4 rings (SSSR count). The van der Waals surface area contributed by atoms with Crippen molar-refractivity contribution in [1.82, 2.24) is 10.2 Å². The van der Waals surface area contributed by atoms with Crippen LogP contribution in [0.3, 0.4) is 0 Å². The van der Waals surface area contributed by atoms with Crippen molar-refractivity contribution >= 4 is 23.0 Å². The fraction of sp³-hybridized carbons (Fsp3) is 0.588. The van der Waals surface area contributed by atoms with Crippen LogP contribution in [0.2, 0.25) is 0 Å². The highest BCUT2D eigenvalue weighted by molar-refractivity contribution is 5.93. The number of amides is 1. The number of halogens is 1. The molecule has 2 heterocycles. The Hall–Kier alpha value is -3.55. The number of piperidine rings is 1. The Morgan fingerprint density at radius 1 is 1.16 bits per heavy atom. The van der Waals surface area contributed by atoms with Crippen LogP contribution >= 0.6 is 0 Å². The number of rotatable bonds is 14. The van der Waals surface area contributed by atoms with Crippen LogP contribution in [0.5, 0.6) is 11.5 Å². The SMILES string of the molecule is CCCC1Nc2cc(OCC)c(NC(=O)CCCN(C)C)cc2C(Nc2ccc(OCC3NCCCC3C)cc2F)C1C#N. The third-order valence-electron chi connectivity index (χ3n) is 8.56. The topological polar surface area (TPSA) is 111 Å². The second kappa shape index (κ2) is 16.0. The zero-order valence-corrected chi connectivity index (χ0v) is 26.8. The van der Waals surface area contributed by atoms with E-state index in [4.69, 9.17) is 9.47 Å². The summed E-state index contributed by atoms with van der Waals surface area (Å²) in [7, 11) is 3.95. The monoisotopic (exact) mass is 608 g/mol. The van der Waals surface area contributed by atoms with Crippen molar-refractivity contribution in [1.29, 1.82) is 5.26 Å². The quantitative estimate of drug-likeness (QED) is 0.202. The van der Waals surface area contributed by atoms with Gasteiger partial charge in [0.15, 0.2) is 0 Å². The van der Waals surface area contributed by atoms with Gasteiger partial charge in [0.05, 0.1) is 36.0 Å². The normalized spacial score (nSPS) is 22.8. The number of benzene rings is 2. The maximum absolute atomic E-state index is 15.6. The smallest absolute Gasteiger partial charge is 0.224 e. The molecule has 0 spiro atoms. The maximum Gasteiger partial charge on any atom is 0.224 e. The molecule has 10 heteroatoms. The van der Waals surface area contributed by atoms with Crippen LogP contribution < -0.4 is 30.7 Å². The van der Waals surface area contributed by atoms with Crippen molar-refractivity contribution in [3.8, 4) is 17.6 Å². The lowest BCUT2D eigenvalue weighted by atomic mass is 9.81. The zero-order chi connectivity index (χ0) is 31.6. The van der Waals surface area contributed by atoms with Gasteiger partial charge in [0.1, 0.15) is 23.9 Å². The number of hydrogen-bond acceptors (Lipinski definition) is 8. The molecular weight excluding hydrogens is 559 g/mol. The number of ether oxygens (including phenoxy) is 2. The first kappa shape index (κ1) is 33.3. The van der Waals surface area contributed by atoms with E-state index in [0.717, 1.165) is 56.4 Å². The Bertz CT molecular complexity index is 1300. The van der Waals surface area contributed by atoms with Crippen molar-refractivity contribution < 1.29 is 18.7 Å². The first-order valence-corrected chi connectivity index (χ1v) is 16.1. The van der Waals surface area contributed by atoms with Gasteiger partial charge in [0.2, 0.25) is 5.91 Å². The zero-order valence-electron chi connectivity index (χ0n) is 26.8. The lowest BCUT2D eigenvalue weighted by Gasteiger charge is -2.38. The van der Waals surface area contributed by atoms with Gasteiger partial charge in [-0.3, -0.25) is 4.79 Å². The van der Waals surface area contributed by atoms with E-state index in [1.807, 2.05) is 38.1 Å². The van der Waals surface area contributed by atoms with Gasteiger partial charge in [-0.25, -0.2) is 4.39 Å². The predicted octanol–water partition coefficient (Wildman–Crippen LogP) is 6.16. The average Bonchev–Trinajstić information content (AvgIpc) is 2.98. The molecule has 0 saturated carbocycles. The summed E-state index contributed by atoms with van der Waals surface area (Å²) in [4.78, 5) is 14.9. The van der Waals surface area contributed by atoms with E-state index >= 15 is 4.39 Å². The van der Waals surface area contributed by atoms with Crippen LogP contribution in [0, 0.1) is 29.0 Å². The van der Waals surface area contributed by atoms with Gasteiger partial charge < -0.3 is 35.6 Å². The number of nitriles is 1. The summed E-state index contributed by atoms with van der Waals surface area (Å²) < 4.78 is 27.5. The molecule has 5 unspecified atom stereocenters. The standard InChI is InChI=1S/C34H49FN6O3/c1-6-10-27-25(20-36)34(40-28-14-13-23(17-26(28)35)44-21-31-22(3)11-8-15-37-31)24-18-30(32(43-7-2)19-29(24)38-27)39-33(42)12-9-16-41(4)5/h13-14,17-19,22,25,27,31,34,37-38,40H,6-12,15-16,21H2,1-5H3,(H,39,42). The molecule has 2 aromatic carbocycles. The molecule has 0 radical (unpaired) electrons. The summed E-state index contributed by atoms with van der Waals surface area (Å²) in [6.07, 6.45) is 5.06. The number of nitrogens with one attached hydrogen (secondary N) is 4. The molecule has 1 amide bonds. The molecule has 2 aromatic rings. The van der Waals surface area contributed by atoms with Crippen LogP contribution in [-0.4, -0.2) is 63.3 Å². The van der Waals surface area contributed by atoms with Gasteiger partial charge in [0, 0.05) is 41.9 Å². The Morgan fingerprint density at radius 2 is 1.98 bits per heavy atom. The maximum atomic E-state index is 15.6. The molecule has 2 aliphatic rings. The largest absolute Gasteiger partial charge is 0.492 e. The van der Waals surface area contributed by atoms with Crippen molar-refractivity contribution in [3.05, 3.63) is 41.7 Å². The third kappa shape index (κ3) is 8.54. The minimum Gasteiger partial charge on any atom is -0.492 e. The predicted molar refractivity (Wildman–Crippen MR) is 174 cm³/mol. The molecule has 9 nitrogen and oxygen atoms in total. The van der Waals surface area contributed by atoms with Crippen molar-refractivity contribution in [2.75, 3.05) is 56.3 Å². The molecule has 1 saturated heterocycles. The molecule has 240 valence electrons. The van der Waals surface area contributed by atoms with Gasteiger partial charge >= 0.3 is 0 Å². The molecule has 0 bridgehead atoms. The number of hydrogen-bond donors (Lipinski definition) is 4. The second-order valence-electron chi connectivity index (χ2n) is 12.3. The molecule has 44 heavy (non-hydrogen) atoms. The fourth-order valence-corrected chi connectivity index (χ4v) is 6.12. The van der Waals surface area contributed by atoms with Gasteiger partial charge in [-0.1, -0.05) is 20.3 Å². The number of fused-ring (bicyclic) bond motifs is 1. The van der Waals surface area contributed by atoms with E-state index in [2.05, 4.69) is 41.2 Å². The van der Waals surface area contributed by atoms with Crippen molar-refractivity contribution in [3.63, 3.8) is 0 Å². The second-order valence-corrected chi connectivity index (χ2v) is 12.3. The minimum absolute atomic E-state index is 0.110. The first-order chi connectivity index (χ1) is 21.2. The Labute approximate surface area is 261 Å². The highest BCUT2D eigenvalue weighted by Crippen LogP contribution is 2.45. The van der Waals surface area contributed by atoms with E-state index in [1.165, 1.54) is 6.07 Å². The van der Waals surface area contributed by atoms with Crippen molar-refractivity contribution in [2.24, 2.45) is 11.8 Å². The first-order valence-electron chi connectivity index (χ1n) is 16.1. The summed E-state index contributed by atoms with van der Waals surface area (Å²) >= 11 is 0. The van der Waals surface area contributed by atoms with Gasteiger partial charge in [0.25, 0.3) is 0 Å². The Kier molecular flexibility index (Phi) is 12.1. The number of nitrogens with zero attached hydrogens (tertiary/aromatic N) is 2. The molecule has 0 aliphatic carbocycles. The summed E-state index contributed by atoms with van der Waals surface area (Å²) in [5.74, 6) is 0.485. The number of carbonyl (C=O) groups excluding carboxylic acids is 1. The minimum atomic E-state index is -0.526. The highest BCUT2D eigenvalue weighted by Gasteiger charge is 2.38. The van der Waals surface area contributed by atoms with Crippen LogP contribution in [-0.2, 0) is 4.79 Å². The van der Waals surface area contributed by atoms with Crippen molar-refractivity contribution in [2.45, 2.75) is 77.4 Å². The van der Waals surface area contributed by atoms with Gasteiger partial charge in [-0.05, 0) is 83.9 Å². The fourth-order valence-electron chi connectivity index (χ4n) is 6.12. The van der Waals surface area contributed by atoms with Crippen LogP contribution in [0.25, 0.3) is 0 Å². The van der Waals surface area contributed by atoms with Crippen LogP contribution in [0.4, 0.5) is 21.5 Å². The lowest BCUT2D eigenvalue weighted by molar-refractivity contribution is -0.116. The molecular formula is C34H49FN6O3. The summed E-state index contributed by atoms with van der Waals surface area (Å²) in [5, 5.41) is 23.7. The summed E-state index contributed by atoms with van der Waals surface area (Å²) in [6.45, 7) is 8.88. The molecule has 4 N–H and O–H groups in total. The van der Waals surface area contributed by atoms with Gasteiger partial charge in [-0.15, -0.1) is 0 Å². The van der Waals surface area contributed by atoms with Crippen LogP contribution in [0.15, 0.2) is 30.3 Å². The average molecular weight is 609 g/mol. The van der Waals surface area contributed by atoms with E-state index < -0.39 is 17.8 Å². The van der Waals surface area contributed by atoms with Crippen LogP contribution in [0.1, 0.15) is 70.9 Å². The third-order valence-corrected chi connectivity index (χ3v) is 8.56. The van der Waals surface area contributed by atoms with Gasteiger partial charge in [-0.2, -0.15) is 5.26 Å². The molecule has 0 aromatic heterocycles. The van der Waals surface area contributed by atoms with E-state index in [1.54, 1.807) is 12.1 Å². The lowest BCUT2D eigenvalue weighted by Crippen LogP contribution is -2.44. The van der Waals surface area contributed by atoms with E-state index in [0.29, 0.717) is 42.7 Å².